The summed E-state index contributed by atoms with van der Waals surface area (Å²) in [6, 6.07) is 1.65. The van der Waals surface area contributed by atoms with Crippen molar-refractivity contribution in [2.75, 3.05) is 18.5 Å². The van der Waals surface area contributed by atoms with Crippen molar-refractivity contribution in [3.63, 3.8) is 0 Å². The largest absolute Gasteiger partial charge is 0.354 e. The lowest BCUT2D eigenvalue weighted by atomic mass is 10.3. The molecule has 0 aromatic carbocycles. The second-order valence-corrected chi connectivity index (χ2v) is 3.79. The number of aromatic nitrogens is 2. The maximum absolute atomic E-state index is 12.3. The molecule has 0 amide bonds. The lowest BCUT2D eigenvalue weighted by molar-refractivity contribution is 0.156. The monoisotopic (exact) mass is 258 g/mol. The van der Waals surface area contributed by atoms with Gasteiger partial charge in [0.15, 0.2) is 5.56 Å². The SMILES string of the molecule is CN(CC(F)F)c1c(C#N)c(=O)n(C)c(=O)n1C. The second kappa shape index (κ2) is 5.00. The van der Waals surface area contributed by atoms with Crippen LogP contribution in [0.25, 0.3) is 0 Å². The molecule has 0 saturated heterocycles. The third-order valence-electron chi connectivity index (χ3n) is 2.52. The molecule has 0 unspecified atom stereocenters. The molecule has 0 aliphatic rings. The van der Waals surface area contributed by atoms with Gasteiger partial charge in [0.05, 0.1) is 6.54 Å². The Morgan fingerprint density at radius 2 is 1.89 bits per heavy atom. The predicted molar refractivity (Wildman–Crippen MR) is 60.9 cm³/mol. The van der Waals surface area contributed by atoms with Gasteiger partial charge in [0.25, 0.3) is 12.0 Å². The van der Waals surface area contributed by atoms with Crippen molar-refractivity contribution < 1.29 is 8.78 Å². The molecule has 0 aliphatic carbocycles. The van der Waals surface area contributed by atoms with E-state index in [0.717, 1.165) is 14.0 Å². The maximum Gasteiger partial charge on any atom is 0.332 e. The molecule has 0 radical (unpaired) electrons. The third-order valence-corrected chi connectivity index (χ3v) is 2.52. The maximum atomic E-state index is 12.3. The van der Waals surface area contributed by atoms with Gasteiger partial charge in [-0.15, -0.1) is 0 Å². The van der Waals surface area contributed by atoms with Crippen LogP contribution in [0.3, 0.4) is 0 Å². The zero-order valence-electron chi connectivity index (χ0n) is 10.1. The van der Waals surface area contributed by atoms with Crippen molar-refractivity contribution in [2.24, 2.45) is 14.1 Å². The average molecular weight is 258 g/mol. The van der Waals surface area contributed by atoms with Crippen LogP contribution in [0.1, 0.15) is 5.56 Å². The Labute approximate surface area is 101 Å². The van der Waals surface area contributed by atoms with Crippen LogP contribution >= 0.6 is 0 Å². The van der Waals surface area contributed by atoms with E-state index in [1.165, 1.54) is 21.1 Å². The highest BCUT2D eigenvalue weighted by Gasteiger charge is 2.20. The molecule has 0 bridgehead atoms. The first-order valence-corrected chi connectivity index (χ1v) is 5.00. The minimum Gasteiger partial charge on any atom is -0.354 e. The molecule has 1 aromatic rings. The topological polar surface area (TPSA) is 71.0 Å². The summed E-state index contributed by atoms with van der Waals surface area (Å²) in [7, 11) is 3.84. The molecular weight excluding hydrogens is 246 g/mol. The van der Waals surface area contributed by atoms with Crippen molar-refractivity contribution in [1.82, 2.24) is 9.13 Å². The minimum absolute atomic E-state index is 0.106. The molecular formula is C10H12F2N4O2. The van der Waals surface area contributed by atoms with Crippen LogP contribution in [0.15, 0.2) is 9.59 Å². The fraction of sp³-hybridized carbons (Fsp3) is 0.500. The molecule has 0 atom stereocenters. The van der Waals surface area contributed by atoms with Gasteiger partial charge >= 0.3 is 5.69 Å². The number of hydrogen-bond acceptors (Lipinski definition) is 4. The number of nitriles is 1. The molecule has 1 aromatic heterocycles. The highest BCUT2D eigenvalue weighted by Crippen LogP contribution is 2.13. The number of rotatable bonds is 3. The molecule has 0 aliphatic heterocycles. The summed E-state index contributed by atoms with van der Waals surface area (Å²) in [4.78, 5) is 24.4. The first-order valence-electron chi connectivity index (χ1n) is 5.00. The van der Waals surface area contributed by atoms with Gasteiger partial charge in [-0.3, -0.25) is 13.9 Å². The lowest BCUT2D eigenvalue weighted by Gasteiger charge is -2.22. The number of alkyl halides is 2. The van der Waals surface area contributed by atoms with Gasteiger partial charge in [-0.1, -0.05) is 0 Å². The van der Waals surface area contributed by atoms with E-state index >= 15 is 0 Å². The van der Waals surface area contributed by atoms with Crippen LogP contribution in [0.2, 0.25) is 0 Å². The summed E-state index contributed by atoms with van der Waals surface area (Å²) in [5.41, 5.74) is -1.80. The van der Waals surface area contributed by atoms with Crippen molar-refractivity contribution >= 4 is 5.82 Å². The standard InChI is InChI=1S/C10H12F2N4O2/c1-14(5-7(11)12)8-6(4-13)9(17)16(3)10(18)15(8)2/h7H,5H2,1-3H3. The van der Waals surface area contributed by atoms with Crippen molar-refractivity contribution in [1.29, 1.82) is 5.26 Å². The second-order valence-electron chi connectivity index (χ2n) is 3.79. The lowest BCUT2D eigenvalue weighted by Crippen LogP contribution is -2.42. The Morgan fingerprint density at radius 3 is 2.33 bits per heavy atom. The highest BCUT2D eigenvalue weighted by atomic mass is 19.3. The van der Waals surface area contributed by atoms with Crippen LogP contribution in [0, 0.1) is 11.3 Å². The molecule has 0 fully saturated rings. The normalized spacial score (nSPS) is 10.5. The number of halogens is 2. The van der Waals surface area contributed by atoms with Crippen molar-refractivity contribution in [3.8, 4) is 6.07 Å². The first-order chi connectivity index (χ1) is 8.31. The summed E-state index contributed by atoms with van der Waals surface area (Å²) in [5, 5.41) is 8.93. The molecule has 1 rings (SSSR count). The van der Waals surface area contributed by atoms with Gasteiger partial charge in [0, 0.05) is 21.1 Å². The zero-order chi connectivity index (χ0) is 14.0. The van der Waals surface area contributed by atoms with E-state index < -0.39 is 24.2 Å². The van der Waals surface area contributed by atoms with Crippen LogP contribution in [-0.2, 0) is 14.1 Å². The fourth-order valence-electron chi connectivity index (χ4n) is 1.67. The summed E-state index contributed by atoms with van der Waals surface area (Å²) < 4.78 is 26.4. The van der Waals surface area contributed by atoms with Crippen molar-refractivity contribution in [3.05, 3.63) is 26.4 Å². The highest BCUT2D eigenvalue weighted by molar-refractivity contribution is 5.52. The molecule has 0 saturated carbocycles. The predicted octanol–water partition coefficient (Wildman–Crippen LogP) is -0.343. The molecule has 98 valence electrons. The van der Waals surface area contributed by atoms with Crippen LogP contribution in [-0.4, -0.2) is 29.2 Å². The Bertz CT molecular complexity index is 612. The number of hydrogen-bond donors (Lipinski definition) is 0. The number of nitrogens with zero attached hydrogens (tertiary/aromatic N) is 4. The van der Waals surface area contributed by atoms with E-state index in [9.17, 15) is 18.4 Å². The van der Waals surface area contributed by atoms with Crippen LogP contribution < -0.4 is 16.1 Å². The van der Waals surface area contributed by atoms with Crippen molar-refractivity contribution in [2.45, 2.75) is 6.43 Å². The molecule has 0 spiro atoms. The van der Waals surface area contributed by atoms with Crippen LogP contribution in [0.5, 0.6) is 0 Å². The smallest absolute Gasteiger partial charge is 0.332 e. The third kappa shape index (κ3) is 2.25. The van der Waals surface area contributed by atoms with E-state index in [0.29, 0.717) is 0 Å². The number of anilines is 1. The van der Waals surface area contributed by atoms with E-state index in [2.05, 4.69) is 0 Å². The molecule has 0 N–H and O–H groups in total. The Balaban J connectivity index is 3.59. The van der Waals surface area contributed by atoms with E-state index in [-0.39, 0.29) is 11.4 Å². The summed E-state index contributed by atoms with van der Waals surface area (Å²) in [5.74, 6) is -0.106. The molecule has 1 heterocycles. The van der Waals surface area contributed by atoms with Gasteiger partial charge in [0.1, 0.15) is 11.9 Å². The Hall–Kier alpha value is -2.17. The van der Waals surface area contributed by atoms with E-state index in [4.69, 9.17) is 5.26 Å². The first kappa shape index (κ1) is 13.9. The minimum atomic E-state index is -2.64. The van der Waals surface area contributed by atoms with E-state index in [1.54, 1.807) is 6.07 Å². The summed E-state index contributed by atoms with van der Waals surface area (Å²) in [6.07, 6.45) is -2.64. The molecule has 18 heavy (non-hydrogen) atoms. The van der Waals surface area contributed by atoms with Gasteiger partial charge in [-0.25, -0.2) is 13.6 Å². The Kier molecular flexibility index (Phi) is 3.86. The van der Waals surface area contributed by atoms with Gasteiger partial charge < -0.3 is 4.90 Å². The molecule has 6 nitrogen and oxygen atoms in total. The fourth-order valence-corrected chi connectivity index (χ4v) is 1.67. The quantitative estimate of drug-likeness (QED) is 0.743. The van der Waals surface area contributed by atoms with Gasteiger partial charge in [-0.2, -0.15) is 5.26 Å². The average Bonchev–Trinajstić information content (AvgIpc) is 2.29. The van der Waals surface area contributed by atoms with Gasteiger partial charge in [-0.05, 0) is 0 Å². The summed E-state index contributed by atoms with van der Waals surface area (Å²) in [6.45, 7) is -0.672. The Morgan fingerprint density at radius 1 is 1.33 bits per heavy atom. The summed E-state index contributed by atoms with van der Waals surface area (Å²) >= 11 is 0. The van der Waals surface area contributed by atoms with E-state index in [1.807, 2.05) is 0 Å². The molecule has 8 heteroatoms. The van der Waals surface area contributed by atoms with Crippen LogP contribution in [0.4, 0.5) is 14.6 Å². The van der Waals surface area contributed by atoms with Gasteiger partial charge in [0.2, 0.25) is 0 Å². The zero-order valence-corrected chi connectivity index (χ0v) is 10.1.